The number of hydrogen-bond acceptors (Lipinski definition) is 6. The Morgan fingerprint density at radius 3 is 2.77 bits per heavy atom. The number of carbonyl (C=O) groups is 2. The zero-order chi connectivity index (χ0) is 22.0. The fraction of sp³-hybridized carbons (Fsp3) is 0.190. The second-order valence-corrected chi connectivity index (χ2v) is 8.27. The zero-order valence-corrected chi connectivity index (χ0v) is 18.7. The van der Waals surface area contributed by atoms with Crippen LogP contribution in [0.15, 0.2) is 50.8 Å². The van der Waals surface area contributed by atoms with Gasteiger partial charge in [-0.2, -0.15) is 5.10 Å². The van der Waals surface area contributed by atoms with Crippen molar-refractivity contribution in [2.45, 2.75) is 26.2 Å². The van der Waals surface area contributed by atoms with Crippen molar-refractivity contribution >= 4 is 50.9 Å². The quantitative estimate of drug-likeness (QED) is 0.510. The predicted octanol–water partition coefficient (Wildman–Crippen LogP) is 4.52. The molecule has 0 bridgehead atoms. The number of rotatable bonds is 4. The van der Waals surface area contributed by atoms with Gasteiger partial charge in [-0.05, 0) is 53.9 Å². The van der Waals surface area contributed by atoms with Crippen LogP contribution in [-0.2, 0) is 6.42 Å². The van der Waals surface area contributed by atoms with Crippen molar-refractivity contribution in [2.75, 3.05) is 5.32 Å². The predicted molar refractivity (Wildman–Crippen MR) is 120 cm³/mol. The molecule has 158 valence electrons. The molecule has 1 aliphatic carbocycles. The van der Waals surface area contributed by atoms with E-state index >= 15 is 0 Å². The van der Waals surface area contributed by atoms with Gasteiger partial charge in [0.1, 0.15) is 11.6 Å². The number of fused-ring (bicyclic) bond motifs is 1. The number of halogens is 2. The van der Waals surface area contributed by atoms with Crippen molar-refractivity contribution in [1.29, 1.82) is 0 Å². The first-order valence-corrected chi connectivity index (χ1v) is 10.6. The van der Waals surface area contributed by atoms with E-state index < -0.39 is 5.91 Å². The summed E-state index contributed by atoms with van der Waals surface area (Å²) < 4.78 is 6.55. The van der Waals surface area contributed by atoms with Crippen LogP contribution in [0.3, 0.4) is 0 Å². The van der Waals surface area contributed by atoms with Crippen LogP contribution in [0.2, 0.25) is 5.02 Å². The zero-order valence-electron chi connectivity index (χ0n) is 16.4. The van der Waals surface area contributed by atoms with Crippen molar-refractivity contribution in [3.05, 3.63) is 74.5 Å². The highest BCUT2D eigenvalue weighted by molar-refractivity contribution is 9.10. The molecule has 0 aliphatic heterocycles. The number of pyridine rings is 2. The third-order valence-corrected chi connectivity index (χ3v) is 5.42. The summed E-state index contributed by atoms with van der Waals surface area (Å²) in [6.07, 6.45) is 6.65. The van der Waals surface area contributed by atoms with Gasteiger partial charge in [-0.3, -0.25) is 14.6 Å². The summed E-state index contributed by atoms with van der Waals surface area (Å²) in [7, 11) is 0. The largest absolute Gasteiger partial charge is 0.455 e. The molecule has 2 N–H and O–H groups in total. The van der Waals surface area contributed by atoms with Gasteiger partial charge in [0.25, 0.3) is 11.8 Å². The van der Waals surface area contributed by atoms with E-state index in [4.69, 9.17) is 16.0 Å². The summed E-state index contributed by atoms with van der Waals surface area (Å²) >= 11 is 9.12. The fourth-order valence-electron chi connectivity index (χ4n) is 3.34. The second-order valence-electron chi connectivity index (χ2n) is 6.91. The maximum Gasteiger partial charge on any atom is 0.292 e. The van der Waals surface area contributed by atoms with Gasteiger partial charge in [0.15, 0.2) is 5.76 Å². The minimum Gasteiger partial charge on any atom is -0.455 e. The number of hydrazone groups is 1. The SMILES string of the molecule is Cc1c(C(=O)Nc2ccc(Cl)cn2)oc2c1/C(=N/NC(=O)c1cncc(Br)c1)CCC2. The van der Waals surface area contributed by atoms with Crippen LogP contribution in [0.25, 0.3) is 0 Å². The van der Waals surface area contributed by atoms with Gasteiger partial charge in [0.05, 0.1) is 16.3 Å². The van der Waals surface area contributed by atoms with Crippen LogP contribution >= 0.6 is 27.5 Å². The summed E-state index contributed by atoms with van der Waals surface area (Å²) in [5.41, 5.74) is 5.05. The molecule has 4 rings (SSSR count). The standard InChI is InChI=1S/C21H17BrClN5O3/c1-11-18-15(27-28-20(29)12-7-13(22)9-24-8-12)3-2-4-16(18)31-19(11)21(30)26-17-6-5-14(23)10-25-17/h5-10H,2-4H2,1H3,(H,28,29)(H,25,26,30)/b27-15+. The summed E-state index contributed by atoms with van der Waals surface area (Å²) in [6.45, 7) is 1.80. The third kappa shape index (κ3) is 4.67. The van der Waals surface area contributed by atoms with Crippen molar-refractivity contribution in [2.24, 2.45) is 5.10 Å². The average molecular weight is 503 g/mol. The summed E-state index contributed by atoms with van der Waals surface area (Å²) in [6, 6.07) is 4.90. The van der Waals surface area contributed by atoms with Crippen molar-refractivity contribution < 1.29 is 14.0 Å². The van der Waals surface area contributed by atoms with Crippen LogP contribution in [0.5, 0.6) is 0 Å². The Balaban J connectivity index is 1.56. The maximum absolute atomic E-state index is 12.7. The van der Waals surface area contributed by atoms with E-state index in [-0.39, 0.29) is 11.7 Å². The Kier molecular flexibility index (Phi) is 6.15. The average Bonchev–Trinajstić information content (AvgIpc) is 3.11. The highest BCUT2D eigenvalue weighted by Gasteiger charge is 2.28. The Labute approximate surface area is 191 Å². The summed E-state index contributed by atoms with van der Waals surface area (Å²) in [4.78, 5) is 33.2. The lowest BCUT2D eigenvalue weighted by Gasteiger charge is -2.13. The molecule has 0 spiro atoms. The first-order valence-electron chi connectivity index (χ1n) is 9.45. The molecule has 0 saturated heterocycles. The monoisotopic (exact) mass is 501 g/mol. The summed E-state index contributed by atoms with van der Waals surface area (Å²) in [5.74, 6) is 0.451. The molecule has 0 saturated carbocycles. The minimum absolute atomic E-state index is 0.193. The molecule has 0 fully saturated rings. The molecule has 0 unspecified atom stereocenters. The Hall–Kier alpha value is -3.04. The van der Waals surface area contributed by atoms with E-state index in [1.807, 2.05) is 0 Å². The lowest BCUT2D eigenvalue weighted by atomic mass is 9.93. The number of anilines is 1. The number of aromatic nitrogens is 2. The van der Waals surface area contributed by atoms with Crippen LogP contribution in [0.4, 0.5) is 5.82 Å². The molecule has 3 aromatic rings. The number of nitrogens with zero attached hydrogens (tertiary/aromatic N) is 3. The lowest BCUT2D eigenvalue weighted by Crippen LogP contribution is -2.22. The van der Waals surface area contributed by atoms with E-state index in [1.165, 1.54) is 12.4 Å². The van der Waals surface area contributed by atoms with Crippen LogP contribution in [-0.4, -0.2) is 27.5 Å². The van der Waals surface area contributed by atoms with Gasteiger partial charge in [-0.25, -0.2) is 10.4 Å². The number of furan rings is 1. The van der Waals surface area contributed by atoms with E-state index in [0.717, 1.165) is 12.0 Å². The van der Waals surface area contributed by atoms with E-state index in [2.05, 4.69) is 41.7 Å². The molecule has 0 atom stereocenters. The molecule has 8 nitrogen and oxygen atoms in total. The highest BCUT2D eigenvalue weighted by Crippen LogP contribution is 2.30. The van der Waals surface area contributed by atoms with Crippen LogP contribution in [0.1, 0.15) is 50.6 Å². The van der Waals surface area contributed by atoms with Gasteiger partial charge in [-0.15, -0.1) is 0 Å². The van der Waals surface area contributed by atoms with Gasteiger partial charge < -0.3 is 9.73 Å². The van der Waals surface area contributed by atoms with Crippen molar-refractivity contribution in [3.63, 3.8) is 0 Å². The Bertz CT molecular complexity index is 1190. The molecule has 1 aliphatic rings. The normalized spacial score (nSPS) is 14.2. The molecule has 0 radical (unpaired) electrons. The first-order chi connectivity index (χ1) is 14.9. The van der Waals surface area contributed by atoms with Crippen LogP contribution in [0, 0.1) is 6.92 Å². The van der Waals surface area contributed by atoms with Crippen LogP contribution < -0.4 is 10.7 Å². The fourth-order valence-corrected chi connectivity index (χ4v) is 3.81. The number of amides is 2. The Morgan fingerprint density at radius 2 is 2.03 bits per heavy atom. The first kappa shape index (κ1) is 21.2. The molecular weight excluding hydrogens is 486 g/mol. The van der Waals surface area contributed by atoms with Gasteiger partial charge in [0, 0.05) is 40.6 Å². The lowest BCUT2D eigenvalue weighted by molar-refractivity contribution is 0.0953. The maximum atomic E-state index is 12.7. The molecule has 2 amide bonds. The topological polar surface area (TPSA) is 109 Å². The van der Waals surface area contributed by atoms with Gasteiger partial charge in [0.2, 0.25) is 0 Å². The van der Waals surface area contributed by atoms with Crippen molar-refractivity contribution in [1.82, 2.24) is 15.4 Å². The molecule has 31 heavy (non-hydrogen) atoms. The number of nitrogens with one attached hydrogen (secondary N) is 2. The second kappa shape index (κ2) is 8.99. The number of aryl methyl sites for hydroxylation is 1. The Morgan fingerprint density at radius 1 is 1.19 bits per heavy atom. The minimum atomic E-state index is -0.412. The molecule has 3 aromatic heterocycles. The highest BCUT2D eigenvalue weighted by atomic mass is 79.9. The van der Waals surface area contributed by atoms with E-state index in [9.17, 15) is 9.59 Å². The van der Waals surface area contributed by atoms with Crippen molar-refractivity contribution in [3.8, 4) is 0 Å². The smallest absolute Gasteiger partial charge is 0.292 e. The third-order valence-electron chi connectivity index (χ3n) is 4.76. The number of carbonyl (C=O) groups excluding carboxylic acids is 2. The van der Waals surface area contributed by atoms with E-state index in [0.29, 0.717) is 50.8 Å². The van der Waals surface area contributed by atoms with E-state index in [1.54, 1.807) is 31.3 Å². The van der Waals surface area contributed by atoms with Gasteiger partial charge in [-0.1, -0.05) is 11.6 Å². The number of hydrogen-bond donors (Lipinski definition) is 2. The molecule has 3 heterocycles. The van der Waals surface area contributed by atoms with Gasteiger partial charge >= 0.3 is 0 Å². The molecular formula is C21H17BrClN5O3. The molecule has 10 heteroatoms. The molecule has 0 aromatic carbocycles. The summed E-state index contributed by atoms with van der Waals surface area (Å²) in [5, 5.41) is 7.49.